The zero-order chi connectivity index (χ0) is 15.3. The molecule has 0 amide bonds. The monoisotopic (exact) mass is 320 g/mol. The molecule has 0 saturated carbocycles. The van der Waals surface area contributed by atoms with Crippen LogP contribution in [-0.4, -0.2) is 50.1 Å². The van der Waals surface area contributed by atoms with E-state index in [1.807, 2.05) is 0 Å². The summed E-state index contributed by atoms with van der Waals surface area (Å²) in [5.74, 6) is 1.18. The second-order valence-electron chi connectivity index (χ2n) is 7.13. The van der Waals surface area contributed by atoms with Crippen LogP contribution in [0.3, 0.4) is 0 Å². The molecular formula is C17H24N2O2S. The Balaban J connectivity index is 1.59. The average molecular weight is 320 g/mol. The molecule has 4 rings (SSSR count). The van der Waals surface area contributed by atoms with E-state index in [0.717, 1.165) is 38.9 Å². The summed E-state index contributed by atoms with van der Waals surface area (Å²) in [4.78, 5) is 2.64. The summed E-state index contributed by atoms with van der Waals surface area (Å²) in [5.41, 5.74) is 2.96. The summed E-state index contributed by atoms with van der Waals surface area (Å²) in [6.45, 7) is 3.72. The van der Waals surface area contributed by atoms with Crippen molar-refractivity contribution in [1.29, 1.82) is 0 Å². The van der Waals surface area contributed by atoms with Crippen molar-refractivity contribution in [2.24, 2.45) is 11.8 Å². The van der Waals surface area contributed by atoms with E-state index in [2.05, 4.69) is 29.2 Å². The lowest BCUT2D eigenvalue weighted by atomic mass is 9.74. The molecular weight excluding hydrogens is 296 g/mol. The molecule has 3 aliphatic heterocycles. The van der Waals surface area contributed by atoms with Gasteiger partial charge >= 0.3 is 0 Å². The predicted octanol–water partition coefficient (Wildman–Crippen LogP) is 1.89. The van der Waals surface area contributed by atoms with Gasteiger partial charge in [-0.2, -0.15) is 0 Å². The highest BCUT2D eigenvalue weighted by molar-refractivity contribution is 7.88. The molecule has 5 heteroatoms. The molecule has 0 spiro atoms. The summed E-state index contributed by atoms with van der Waals surface area (Å²) in [6, 6.07) is 9.28. The number of sulfonamides is 1. The lowest BCUT2D eigenvalue weighted by Crippen LogP contribution is -2.52. The van der Waals surface area contributed by atoms with Crippen molar-refractivity contribution in [3.63, 3.8) is 0 Å². The number of nitrogens with zero attached hydrogens (tertiary/aromatic N) is 2. The minimum Gasteiger partial charge on any atom is -0.296 e. The van der Waals surface area contributed by atoms with Crippen LogP contribution in [0.1, 0.15) is 30.0 Å². The molecule has 4 nitrogen and oxygen atoms in total. The molecule has 0 bridgehead atoms. The Morgan fingerprint density at radius 3 is 2.73 bits per heavy atom. The Kier molecular flexibility index (Phi) is 3.55. The molecule has 2 saturated heterocycles. The summed E-state index contributed by atoms with van der Waals surface area (Å²) in [6.07, 6.45) is 4.62. The molecule has 0 aromatic heterocycles. The van der Waals surface area contributed by atoms with Gasteiger partial charge in [-0.05, 0) is 42.2 Å². The highest BCUT2D eigenvalue weighted by Crippen LogP contribution is 2.43. The third-order valence-corrected chi connectivity index (χ3v) is 7.11. The van der Waals surface area contributed by atoms with Crippen molar-refractivity contribution in [3.8, 4) is 0 Å². The van der Waals surface area contributed by atoms with Crippen LogP contribution in [0.5, 0.6) is 0 Å². The van der Waals surface area contributed by atoms with Crippen LogP contribution in [0.25, 0.3) is 0 Å². The van der Waals surface area contributed by atoms with Crippen LogP contribution < -0.4 is 0 Å². The first-order valence-electron chi connectivity index (χ1n) is 8.29. The molecule has 0 radical (unpaired) electrons. The molecule has 3 heterocycles. The quantitative estimate of drug-likeness (QED) is 0.793. The van der Waals surface area contributed by atoms with Crippen LogP contribution in [0.4, 0.5) is 0 Å². The van der Waals surface area contributed by atoms with E-state index in [0.29, 0.717) is 24.4 Å². The second-order valence-corrected chi connectivity index (χ2v) is 9.11. The summed E-state index contributed by atoms with van der Waals surface area (Å²) >= 11 is 0. The maximum Gasteiger partial charge on any atom is 0.211 e. The Hall–Kier alpha value is -0.910. The fourth-order valence-corrected chi connectivity index (χ4v) is 5.54. The van der Waals surface area contributed by atoms with E-state index >= 15 is 0 Å². The zero-order valence-electron chi connectivity index (χ0n) is 13.1. The van der Waals surface area contributed by atoms with Crippen LogP contribution in [0, 0.1) is 11.8 Å². The van der Waals surface area contributed by atoms with Gasteiger partial charge in [-0.15, -0.1) is 0 Å². The first kappa shape index (κ1) is 14.7. The number of hydrogen-bond acceptors (Lipinski definition) is 3. The average Bonchev–Trinajstić information content (AvgIpc) is 2.51. The summed E-state index contributed by atoms with van der Waals surface area (Å²) in [5, 5.41) is 0. The van der Waals surface area contributed by atoms with Crippen molar-refractivity contribution in [2.45, 2.75) is 25.3 Å². The molecule has 3 atom stereocenters. The highest BCUT2D eigenvalue weighted by atomic mass is 32.2. The van der Waals surface area contributed by atoms with Crippen LogP contribution in [0.15, 0.2) is 24.3 Å². The van der Waals surface area contributed by atoms with Gasteiger partial charge in [0.15, 0.2) is 0 Å². The Morgan fingerprint density at radius 2 is 1.91 bits per heavy atom. The largest absolute Gasteiger partial charge is 0.296 e. The molecule has 2 fully saturated rings. The zero-order valence-corrected chi connectivity index (χ0v) is 13.9. The molecule has 3 aliphatic rings. The maximum absolute atomic E-state index is 11.9. The minimum absolute atomic E-state index is 0.491. The van der Waals surface area contributed by atoms with Gasteiger partial charge in [0.1, 0.15) is 0 Å². The molecule has 1 aromatic carbocycles. The van der Waals surface area contributed by atoms with Crippen molar-refractivity contribution in [2.75, 3.05) is 32.4 Å². The van der Waals surface area contributed by atoms with Gasteiger partial charge in [0.2, 0.25) is 10.0 Å². The normalized spacial score (nSPS) is 32.9. The van der Waals surface area contributed by atoms with E-state index in [9.17, 15) is 8.42 Å². The number of rotatable bonds is 1. The summed E-state index contributed by atoms with van der Waals surface area (Å²) < 4.78 is 25.4. The van der Waals surface area contributed by atoms with Crippen molar-refractivity contribution >= 4 is 10.0 Å². The van der Waals surface area contributed by atoms with Crippen molar-refractivity contribution in [1.82, 2.24) is 9.21 Å². The molecule has 0 unspecified atom stereocenters. The molecule has 1 aromatic rings. The summed E-state index contributed by atoms with van der Waals surface area (Å²) in [7, 11) is -3.05. The third kappa shape index (κ3) is 2.49. The Labute approximate surface area is 133 Å². The minimum atomic E-state index is -3.05. The van der Waals surface area contributed by atoms with Gasteiger partial charge in [-0.3, -0.25) is 4.90 Å². The SMILES string of the molecule is CS(=O)(=O)N1CC[C@@H]2CN3CCc4ccccc4[C@@H]3C[C@@H]2C1. The van der Waals surface area contributed by atoms with E-state index < -0.39 is 10.0 Å². The number of fused-ring (bicyclic) bond motifs is 4. The van der Waals surface area contributed by atoms with Gasteiger partial charge in [-0.25, -0.2) is 12.7 Å². The number of hydrogen-bond donors (Lipinski definition) is 0. The van der Waals surface area contributed by atoms with Crippen LogP contribution >= 0.6 is 0 Å². The Bertz CT molecular complexity index is 673. The van der Waals surface area contributed by atoms with E-state index in [-0.39, 0.29) is 0 Å². The van der Waals surface area contributed by atoms with E-state index in [4.69, 9.17) is 0 Å². The smallest absolute Gasteiger partial charge is 0.211 e. The van der Waals surface area contributed by atoms with E-state index in [1.54, 1.807) is 4.31 Å². The topological polar surface area (TPSA) is 40.6 Å². The van der Waals surface area contributed by atoms with Crippen LogP contribution in [-0.2, 0) is 16.4 Å². The lowest BCUT2D eigenvalue weighted by molar-refractivity contribution is 0.0225. The number of piperidine rings is 2. The Morgan fingerprint density at radius 1 is 1.09 bits per heavy atom. The molecule has 22 heavy (non-hydrogen) atoms. The van der Waals surface area contributed by atoms with Gasteiger partial charge in [0.25, 0.3) is 0 Å². The number of benzene rings is 1. The van der Waals surface area contributed by atoms with Gasteiger partial charge < -0.3 is 0 Å². The van der Waals surface area contributed by atoms with Crippen molar-refractivity contribution in [3.05, 3.63) is 35.4 Å². The fourth-order valence-electron chi connectivity index (χ4n) is 4.64. The highest BCUT2D eigenvalue weighted by Gasteiger charge is 2.42. The first-order chi connectivity index (χ1) is 10.5. The predicted molar refractivity (Wildman–Crippen MR) is 87.1 cm³/mol. The van der Waals surface area contributed by atoms with Gasteiger partial charge in [0.05, 0.1) is 6.26 Å². The van der Waals surface area contributed by atoms with Crippen LogP contribution in [0.2, 0.25) is 0 Å². The standard InChI is InChI=1S/C17H24N2O2S/c1-22(20,21)19-9-7-14-11-18-8-6-13-4-2-3-5-16(13)17(18)10-15(14)12-19/h2-5,14-15,17H,6-12H2,1H3/t14-,15-,17+/m1/s1. The third-order valence-electron chi connectivity index (χ3n) is 5.84. The molecule has 0 aliphatic carbocycles. The van der Waals surface area contributed by atoms with Crippen molar-refractivity contribution < 1.29 is 8.42 Å². The first-order valence-corrected chi connectivity index (χ1v) is 10.1. The maximum atomic E-state index is 11.9. The van der Waals surface area contributed by atoms with Gasteiger partial charge in [-0.1, -0.05) is 24.3 Å². The van der Waals surface area contributed by atoms with E-state index in [1.165, 1.54) is 17.4 Å². The lowest BCUT2D eigenvalue weighted by Gasteiger charge is -2.50. The molecule has 120 valence electrons. The van der Waals surface area contributed by atoms with Gasteiger partial charge in [0, 0.05) is 32.2 Å². The fraction of sp³-hybridized carbons (Fsp3) is 0.647. The second kappa shape index (κ2) is 5.32. The molecule has 0 N–H and O–H groups in total.